The number of allylic oxidation sites excluding steroid dienone is 4. The Bertz CT molecular complexity index is 1200. The monoisotopic (exact) mass is 404 g/mol. The van der Waals surface area contributed by atoms with E-state index in [1.807, 2.05) is 32.1 Å². The molecule has 2 aliphatic heterocycles. The standard InChI is InChI=1S/C23H24N4O3/c1-24-8-6-13-12-25-17-5-4-15(22(29)20(13)17)14-10-18-21(19(28)11-14)16(23(30)26-18)7-9-27(2)3/h4-5,10-12,24,28H,6-9H2,1-3H3. The molecule has 7 heteroatoms. The molecule has 1 aromatic carbocycles. The Morgan fingerprint density at radius 1 is 1.13 bits per heavy atom. The van der Waals surface area contributed by atoms with E-state index in [1.165, 1.54) is 0 Å². The van der Waals surface area contributed by atoms with Crippen LogP contribution in [0.1, 0.15) is 18.4 Å². The number of aliphatic imine (C=N–C) groups is 1. The van der Waals surface area contributed by atoms with Gasteiger partial charge in [0, 0.05) is 23.9 Å². The second kappa shape index (κ2) is 7.93. The third-order valence-electron chi connectivity index (χ3n) is 5.46. The van der Waals surface area contributed by atoms with Crippen LogP contribution in [0.15, 0.2) is 51.1 Å². The van der Waals surface area contributed by atoms with Gasteiger partial charge in [-0.1, -0.05) is 0 Å². The summed E-state index contributed by atoms with van der Waals surface area (Å²) < 4.78 is 0. The van der Waals surface area contributed by atoms with Gasteiger partial charge in [0.25, 0.3) is 5.91 Å². The number of fused-ring (bicyclic) bond motifs is 2. The maximum atomic E-state index is 13.2. The number of phenolic OH excluding ortho intramolecular Hbond substituents is 1. The van der Waals surface area contributed by atoms with Crippen LogP contribution >= 0.6 is 0 Å². The van der Waals surface area contributed by atoms with E-state index >= 15 is 0 Å². The van der Waals surface area contributed by atoms with Gasteiger partial charge in [-0.05, 0) is 76.0 Å². The molecule has 4 rings (SSSR count). The maximum absolute atomic E-state index is 13.2. The first kappa shape index (κ1) is 20.1. The van der Waals surface area contributed by atoms with Crippen LogP contribution in [-0.2, 0) is 9.59 Å². The van der Waals surface area contributed by atoms with Crippen molar-refractivity contribution >= 4 is 29.1 Å². The van der Waals surface area contributed by atoms with Crippen molar-refractivity contribution < 1.29 is 14.7 Å². The third-order valence-corrected chi connectivity index (χ3v) is 5.46. The summed E-state index contributed by atoms with van der Waals surface area (Å²) in [5, 5.41) is 14.7. The van der Waals surface area contributed by atoms with E-state index < -0.39 is 0 Å². The first-order chi connectivity index (χ1) is 14.4. The minimum Gasteiger partial charge on any atom is -0.507 e. The van der Waals surface area contributed by atoms with Crippen LogP contribution in [0.5, 0.6) is 5.75 Å². The molecule has 7 nitrogen and oxygen atoms in total. The van der Waals surface area contributed by atoms with E-state index in [1.54, 1.807) is 24.4 Å². The molecule has 2 N–H and O–H groups in total. The summed E-state index contributed by atoms with van der Waals surface area (Å²) >= 11 is 0. The lowest BCUT2D eigenvalue weighted by atomic mass is 9.88. The fourth-order valence-electron chi connectivity index (χ4n) is 3.89. The van der Waals surface area contributed by atoms with Crippen LogP contribution < -0.4 is 15.9 Å². The minimum absolute atomic E-state index is 0.0265. The average Bonchev–Trinajstić information content (AvgIpc) is 3.25. The van der Waals surface area contributed by atoms with Crippen LogP contribution in [0.4, 0.5) is 0 Å². The van der Waals surface area contributed by atoms with Crippen molar-refractivity contribution in [2.75, 3.05) is 34.2 Å². The second-order valence-corrected chi connectivity index (χ2v) is 7.81. The van der Waals surface area contributed by atoms with Gasteiger partial charge in [0.2, 0.25) is 0 Å². The number of phenols is 1. The molecule has 0 saturated heterocycles. The van der Waals surface area contributed by atoms with Gasteiger partial charge in [0.15, 0.2) is 5.78 Å². The highest BCUT2D eigenvalue weighted by molar-refractivity contribution is 6.33. The minimum atomic E-state index is -0.327. The van der Waals surface area contributed by atoms with E-state index in [2.05, 4.69) is 15.3 Å². The summed E-state index contributed by atoms with van der Waals surface area (Å²) in [5.74, 6) is -0.482. The number of hydrogen-bond acceptors (Lipinski definition) is 6. The van der Waals surface area contributed by atoms with Gasteiger partial charge in [-0.25, -0.2) is 4.99 Å². The van der Waals surface area contributed by atoms with Crippen molar-refractivity contribution in [2.45, 2.75) is 12.8 Å². The summed E-state index contributed by atoms with van der Waals surface area (Å²) in [4.78, 5) is 36.1. The van der Waals surface area contributed by atoms with E-state index in [9.17, 15) is 14.7 Å². The van der Waals surface area contributed by atoms with E-state index in [0.717, 1.165) is 12.1 Å². The van der Waals surface area contributed by atoms with Crippen molar-refractivity contribution in [1.82, 2.24) is 10.2 Å². The summed E-state index contributed by atoms with van der Waals surface area (Å²) in [6.07, 6.45) is 6.48. The Hall–Kier alpha value is -3.16. The Morgan fingerprint density at radius 3 is 2.67 bits per heavy atom. The highest BCUT2D eigenvalue weighted by Gasteiger charge is 2.29. The Balaban J connectivity index is 1.75. The number of amides is 1. The van der Waals surface area contributed by atoms with Crippen molar-refractivity contribution in [1.29, 1.82) is 0 Å². The van der Waals surface area contributed by atoms with Gasteiger partial charge in [0.05, 0.1) is 21.8 Å². The van der Waals surface area contributed by atoms with Crippen molar-refractivity contribution in [3.8, 4) is 5.75 Å². The fourth-order valence-corrected chi connectivity index (χ4v) is 3.89. The number of nitrogens with one attached hydrogen (secondary N) is 1. The van der Waals surface area contributed by atoms with Crippen LogP contribution in [-0.4, -0.2) is 62.1 Å². The zero-order valence-electron chi connectivity index (χ0n) is 17.3. The SMILES string of the molecule is CNCCC1=C2C(=O)C(c3cc(O)c4c(c3)=NC(=O)C=4CCN(C)C)=CC=C2N=C1. The predicted molar refractivity (Wildman–Crippen MR) is 116 cm³/mol. The summed E-state index contributed by atoms with van der Waals surface area (Å²) in [6, 6.07) is 3.26. The molecule has 3 aliphatic rings. The van der Waals surface area contributed by atoms with E-state index in [0.29, 0.717) is 57.9 Å². The van der Waals surface area contributed by atoms with Crippen molar-refractivity contribution in [3.63, 3.8) is 0 Å². The van der Waals surface area contributed by atoms with Gasteiger partial charge in [-0.2, -0.15) is 0 Å². The molecule has 0 aromatic heterocycles. The largest absolute Gasteiger partial charge is 0.507 e. The molecule has 154 valence electrons. The third kappa shape index (κ3) is 3.46. The molecule has 1 aliphatic carbocycles. The van der Waals surface area contributed by atoms with Gasteiger partial charge >= 0.3 is 0 Å². The highest BCUT2D eigenvalue weighted by atomic mass is 16.3. The van der Waals surface area contributed by atoms with E-state index in [4.69, 9.17) is 0 Å². The zero-order valence-corrected chi connectivity index (χ0v) is 17.3. The number of Topliss-reactive ketones (excluding diaryl/α,β-unsaturated/α-hetero) is 1. The Kier molecular flexibility index (Phi) is 5.32. The smallest absolute Gasteiger partial charge is 0.274 e. The lowest BCUT2D eigenvalue weighted by Gasteiger charge is -2.14. The average molecular weight is 404 g/mol. The first-order valence-electron chi connectivity index (χ1n) is 9.94. The number of benzene rings is 1. The highest BCUT2D eigenvalue weighted by Crippen LogP contribution is 2.34. The normalized spacial score (nSPS) is 17.4. The van der Waals surface area contributed by atoms with Crippen molar-refractivity contribution in [3.05, 3.63) is 57.3 Å². The molecule has 0 spiro atoms. The molecule has 0 unspecified atom stereocenters. The molecule has 2 heterocycles. The maximum Gasteiger partial charge on any atom is 0.274 e. The second-order valence-electron chi connectivity index (χ2n) is 7.81. The number of carbonyl (C=O) groups excluding carboxylic acids is 2. The quantitative estimate of drug-likeness (QED) is 0.690. The van der Waals surface area contributed by atoms with Gasteiger partial charge in [0.1, 0.15) is 5.75 Å². The summed E-state index contributed by atoms with van der Waals surface area (Å²) in [5.41, 5.74) is 3.69. The molecule has 0 atom stereocenters. The number of hydrogen-bond donors (Lipinski definition) is 2. The molecule has 0 fully saturated rings. The number of aromatic hydroxyl groups is 1. The topological polar surface area (TPSA) is 94.4 Å². The van der Waals surface area contributed by atoms with Crippen LogP contribution in [0.3, 0.4) is 0 Å². The van der Waals surface area contributed by atoms with Gasteiger partial charge in [-0.3, -0.25) is 14.6 Å². The molecule has 1 amide bonds. The predicted octanol–water partition coefficient (Wildman–Crippen LogP) is 0.495. The van der Waals surface area contributed by atoms with Gasteiger partial charge < -0.3 is 15.3 Å². The molecule has 0 radical (unpaired) electrons. The van der Waals surface area contributed by atoms with Gasteiger partial charge in [-0.15, -0.1) is 0 Å². The number of rotatable bonds is 7. The lowest BCUT2D eigenvalue weighted by molar-refractivity contribution is -0.113. The Morgan fingerprint density at radius 2 is 1.93 bits per heavy atom. The van der Waals surface area contributed by atoms with Crippen LogP contribution in [0.25, 0.3) is 11.1 Å². The number of nitrogens with zero attached hydrogens (tertiary/aromatic N) is 3. The summed E-state index contributed by atoms with van der Waals surface area (Å²) in [6.45, 7) is 1.43. The number of ketones is 1. The fraction of sp³-hybridized carbons (Fsp3) is 0.304. The molecular weight excluding hydrogens is 380 g/mol. The molecule has 1 aromatic rings. The zero-order chi connectivity index (χ0) is 21.4. The summed E-state index contributed by atoms with van der Waals surface area (Å²) in [7, 11) is 5.72. The first-order valence-corrected chi connectivity index (χ1v) is 9.94. The number of carbonyl (C=O) groups is 2. The van der Waals surface area contributed by atoms with Crippen LogP contribution in [0, 0.1) is 0 Å². The molecule has 0 saturated carbocycles. The van der Waals surface area contributed by atoms with Crippen molar-refractivity contribution in [2.24, 2.45) is 9.98 Å². The molecule has 30 heavy (non-hydrogen) atoms. The molecule has 0 bridgehead atoms. The van der Waals surface area contributed by atoms with E-state index in [-0.39, 0.29) is 17.4 Å². The lowest BCUT2D eigenvalue weighted by Crippen LogP contribution is -2.26. The Labute approximate surface area is 174 Å². The van der Waals surface area contributed by atoms with Crippen LogP contribution in [0.2, 0.25) is 0 Å². The molecular formula is C23H24N4O3.